The summed E-state index contributed by atoms with van der Waals surface area (Å²) in [5.41, 5.74) is 0. The van der Waals surface area contributed by atoms with Crippen molar-refractivity contribution < 1.29 is 33.9 Å². The third kappa shape index (κ3) is 9.18. The van der Waals surface area contributed by atoms with Gasteiger partial charge in [0.15, 0.2) is 0 Å². The van der Waals surface area contributed by atoms with Gasteiger partial charge in [0.25, 0.3) is 5.09 Å². The first-order chi connectivity index (χ1) is 5.81. The molecule has 0 aliphatic carbocycles. The van der Waals surface area contributed by atoms with Crippen LogP contribution < -0.4 is 0 Å². The van der Waals surface area contributed by atoms with Crippen molar-refractivity contribution in [2.75, 3.05) is 13.2 Å². The molecule has 0 aliphatic heterocycles. The molecule has 3 N–H and O–H groups in total. The highest BCUT2D eigenvalue weighted by molar-refractivity contribution is 7.46. The molecule has 0 fully saturated rings. The Hall–Kier alpha value is -0.730. The first-order valence-electron chi connectivity index (χ1n) is 2.96. The molecule has 0 spiro atoms. The van der Waals surface area contributed by atoms with Crippen molar-refractivity contribution in [3.05, 3.63) is 10.1 Å². The maximum Gasteiger partial charge on any atom is 0.469 e. The van der Waals surface area contributed by atoms with Gasteiger partial charge in [0.2, 0.25) is 0 Å². The zero-order chi connectivity index (χ0) is 10.5. The van der Waals surface area contributed by atoms with Crippen molar-refractivity contribution in [1.82, 2.24) is 0 Å². The fourth-order valence-electron chi connectivity index (χ4n) is 0.378. The Bertz CT molecular complexity index is 211. The van der Waals surface area contributed by atoms with Gasteiger partial charge in [-0.05, 0) is 0 Å². The Morgan fingerprint density at radius 1 is 1.46 bits per heavy atom. The van der Waals surface area contributed by atoms with E-state index in [2.05, 4.69) is 9.36 Å². The summed E-state index contributed by atoms with van der Waals surface area (Å²) in [4.78, 5) is 29.6. The van der Waals surface area contributed by atoms with Crippen molar-refractivity contribution in [1.29, 1.82) is 0 Å². The molecule has 1 atom stereocenters. The standard InChI is InChI=1S/C3H8NO8P/c5-3(1-11-4(6)7)2-12-13(8,9)10/h3,5H,1-2H2,(H2,8,9,10). The van der Waals surface area contributed by atoms with Crippen LogP contribution in [0.2, 0.25) is 0 Å². The highest BCUT2D eigenvalue weighted by atomic mass is 31.2. The molecule has 0 amide bonds. The lowest BCUT2D eigenvalue weighted by Gasteiger charge is -2.09. The van der Waals surface area contributed by atoms with E-state index in [1.165, 1.54) is 0 Å². The van der Waals surface area contributed by atoms with Crippen molar-refractivity contribution in [2.45, 2.75) is 6.10 Å². The molecule has 9 nitrogen and oxygen atoms in total. The molecule has 10 heteroatoms. The fraction of sp³-hybridized carbons (Fsp3) is 1.00. The van der Waals surface area contributed by atoms with E-state index in [1.807, 2.05) is 0 Å². The van der Waals surface area contributed by atoms with Gasteiger partial charge in [0.1, 0.15) is 12.7 Å². The summed E-state index contributed by atoms with van der Waals surface area (Å²) in [5.74, 6) is 0. The summed E-state index contributed by atoms with van der Waals surface area (Å²) in [6, 6.07) is 0. The second kappa shape index (κ2) is 5.10. The van der Waals surface area contributed by atoms with Gasteiger partial charge in [0, 0.05) is 0 Å². The lowest BCUT2D eigenvalue weighted by Crippen LogP contribution is -2.22. The van der Waals surface area contributed by atoms with Gasteiger partial charge >= 0.3 is 7.82 Å². The van der Waals surface area contributed by atoms with Crippen LogP contribution in [0.1, 0.15) is 0 Å². The summed E-state index contributed by atoms with van der Waals surface area (Å²) in [5, 5.41) is 17.2. The number of phosphoric acid groups is 1. The second-order valence-corrected chi connectivity index (χ2v) is 3.20. The Kier molecular flexibility index (Phi) is 4.81. The highest BCUT2D eigenvalue weighted by Gasteiger charge is 2.17. The molecule has 0 heterocycles. The first kappa shape index (κ1) is 12.3. The quantitative estimate of drug-likeness (QED) is 0.282. The van der Waals surface area contributed by atoms with E-state index in [0.29, 0.717) is 0 Å². The normalized spacial score (nSPS) is 13.8. The highest BCUT2D eigenvalue weighted by Crippen LogP contribution is 2.35. The van der Waals surface area contributed by atoms with E-state index in [9.17, 15) is 14.7 Å². The summed E-state index contributed by atoms with van der Waals surface area (Å²) < 4.78 is 13.9. The third-order valence-corrected chi connectivity index (χ3v) is 1.29. The van der Waals surface area contributed by atoms with Crippen molar-refractivity contribution in [2.24, 2.45) is 0 Å². The van der Waals surface area contributed by atoms with E-state index >= 15 is 0 Å². The smallest absolute Gasteiger partial charge is 0.389 e. The number of hydrogen-bond acceptors (Lipinski definition) is 6. The van der Waals surface area contributed by atoms with Gasteiger partial charge in [-0.2, -0.15) is 0 Å². The van der Waals surface area contributed by atoms with Gasteiger partial charge in [-0.25, -0.2) is 4.57 Å². The molecule has 0 radical (unpaired) electrons. The van der Waals surface area contributed by atoms with Gasteiger partial charge in [-0.3, -0.25) is 4.52 Å². The number of hydrogen-bond donors (Lipinski definition) is 3. The number of aliphatic hydroxyl groups excluding tert-OH is 1. The van der Waals surface area contributed by atoms with Gasteiger partial charge in [-0.15, -0.1) is 10.1 Å². The molecule has 0 saturated heterocycles. The summed E-state index contributed by atoms with van der Waals surface area (Å²) in [7, 11) is -4.65. The van der Waals surface area contributed by atoms with Crippen LogP contribution in [0, 0.1) is 10.1 Å². The molecule has 0 aromatic heterocycles. The molecule has 1 unspecified atom stereocenters. The number of aliphatic hydroxyl groups is 1. The summed E-state index contributed by atoms with van der Waals surface area (Å²) in [6.45, 7) is -1.44. The summed E-state index contributed by atoms with van der Waals surface area (Å²) in [6.07, 6.45) is -1.46. The van der Waals surface area contributed by atoms with Crippen LogP contribution in [0.3, 0.4) is 0 Å². The zero-order valence-electron chi connectivity index (χ0n) is 6.27. The number of rotatable bonds is 6. The van der Waals surface area contributed by atoms with Crippen molar-refractivity contribution in [3.63, 3.8) is 0 Å². The zero-order valence-corrected chi connectivity index (χ0v) is 7.16. The average molecular weight is 217 g/mol. The molecule has 0 aromatic rings. The lowest BCUT2D eigenvalue weighted by atomic mass is 10.4. The molecule has 0 bridgehead atoms. The van der Waals surface area contributed by atoms with E-state index < -0.39 is 32.2 Å². The van der Waals surface area contributed by atoms with Crippen LogP contribution in [0.5, 0.6) is 0 Å². The van der Waals surface area contributed by atoms with Crippen LogP contribution in [0.15, 0.2) is 0 Å². The first-order valence-corrected chi connectivity index (χ1v) is 4.50. The Morgan fingerprint density at radius 3 is 2.38 bits per heavy atom. The van der Waals surface area contributed by atoms with Gasteiger partial charge in [-0.1, -0.05) is 0 Å². The third-order valence-electron chi connectivity index (χ3n) is 0.807. The van der Waals surface area contributed by atoms with Crippen LogP contribution in [-0.2, 0) is 13.9 Å². The predicted octanol–water partition coefficient (Wildman–Crippen LogP) is -1.34. The monoisotopic (exact) mass is 217 g/mol. The minimum atomic E-state index is -4.65. The van der Waals surface area contributed by atoms with Crippen LogP contribution in [0.4, 0.5) is 0 Å². The Morgan fingerprint density at radius 2 is 2.00 bits per heavy atom. The predicted molar refractivity (Wildman–Crippen MR) is 36.9 cm³/mol. The van der Waals surface area contributed by atoms with Gasteiger partial charge < -0.3 is 19.7 Å². The van der Waals surface area contributed by atoms with Crippen LogP contribution in [-0.4, -0.2) is 39.3 Å². The molecule has 78 valence electrons. The van der Waals surface area contributed by atoms with Crippen molar-refractivity contribution >= 4 is 7.82 Å². The lowest BCUT2D eigenvalue weighted by molar-refractivity contribution is -0.759. The molecule has 0 saturated carbocycles. The second-order valence-electron chi connectivity index (χ2n) is 1.96. The topological polar surface area (TPSA) is 139 Å². The number of nitrogens with zero attached hydrogens (tertiary/aromatic N) is 1. The molecule has 0 rings (SSSR count). The molecule has 0 aliphatic rings. The fourth-order valence-corrected chi connectivity index (χ4v) is 0.744. The van der Waals surface area contributed by atoms with Crippen LogP contribution in [0.25, 0.3) is 0 Å². The Balaban J connectivity index is 3.58. The molecular weight excluding hydrogens is 209 g/mol. The largest absolute Gasteiger partial charge is 0.469 e. The minimum Gasteiger partial charge on any atom is -0.389 e. The van der Waals surface area contributed by atoms with E-state index in [0.717, 1.165) is 0 Å². The molecule has 0 aromatic carbocycles. The molecule has 13 heavy (non-hydrogen) atoms. The maximum atomic E-state index is 10.1. The minimum absolute atomic E-state index is 0.701. The Labute approximate surface area is 72.2 Å². The van der Waals surface area contributed by atoms with E-state index in [4.69, 9.17) is 14.9 Å². The van der Waals surface area contributed by atoms with E-state index in [-0.39, 0.29) is 0 Å². The maximum absolute atomic E-state index is 10.1. The summed E-state index contributed by atoms with van der Waals surface area (Å²) >= 11 is 0. The molecular formula is C3H8NO8P. The SMILES string of the molecule is O=[N+]([O-])OCC(O)COP(=O)(O)O. The van der Waals surface area contributed by atoms with E-state index in [1.54, 1.807) is 0 Å². The van der Waals surface area contributed by atoms with Gasteiger partial charge in [0.05, 0.1) is 6.61 Å². The van der Waals surface area contributed by atoms with Crippen molar-refractivity contribution in [3.8, 4) is 0 Å². The average Bonchev–Trinajstić information content (AvgIpc) is 1.95. The number of phosphoric ester groups is 1. The van der Waals surface area contributed by atoms with Crippen LogP contribution >= 0.6 is 7.82 Å².